The number of aliphatic hydroxyl groups excluding tert-OH is 1. The number of aliphatic hydroxyl groups is 1. The van der Waals surface area contributed by atoms with Crippen LogP contribution in [0.2, 0.25) is 0 Å². The number of nitrogens with one attached hydrogen (secondary N) is 1. The summed E-state index contributed by atoms with van der Waals surface area (Å²) in [5.74, 6) is -0.128. The largest absolute Gasteiger partial charge is 0.392 e. The van der Waals surface area contributed by atoms with Crippen LogP contribution in [0.3, 0.4) is 0 Å². The molecule has 0 unspecified atom stereocenters. The van der Waals surface area contributed by atoms with Crippen molar-refractivity contribution in [2.75, 3.05) is 5.32 Å². The Balaban J connectivity index is 2.14. The van der Waals surface area contributed by atoms with E-state index in [1.807, 2.05) is 43.3 Å². The summed E-state index contributed by atoms with van der Waals surface area (Å²) in [5, 5.41) is 12.1. The molecule has 2 aromatic rings. The number of hydrogen-bond acceptors (Lipinski definition) is 2. The Morgan fingerprint density at radius 1 is 1.10 bits per heavy atom. The summed E-state index contributed by atoms with van der Waals surface area (Å²) in [6.45, 7) is 4.04. The first kappa shape index (κ1) is 15.3. The van der Waals surface area contributed by atoms with Gasteiger partial charge in [0, 0.05) is 11.3 Å². The van der Waals surface area contributed by atoms with Gasteiger partial charge in [0.05, 0.1) is 6.61 Å². The molecule has 2 aromatic carbocycles. The average Bonchev–Trinajstić information content (AvgIpc) is 2.50. The number of aryl methyl sites for hydroxylation is 2. The third-order valence-electron chi connectivity index (χ3n) is 3.49. The standard InChI is InChI=1S/C18H21NO2/c1-3-4-14-7-9-16(10-8-14)18(21)19-17-11-15(12-20)6-5-13(17)2/h5-11,20H,3-4,12H2,1-2H3,(H,19,21). The van der Waals surface area contributed by atoms with Crippen LogP contribution in [0.1, 0.15) is 40.4 Å². The van der Waals surface area contributed by atoms with E-state index in [4.69, 9.17) is 0 Å². The van der Waals surface area contributed by atoms with Crippen LogP contribution in [0.15, 0.2) is 42.5 Å². The van der Waals surface area contributed by atoms with E-state index in [1.54, 1.807) is 6.07 Å². The molecule has 3 heteroatoms. The van der Waals surface area contributed by atoms with Crippen LogP contribution in [0.4, 0.5) is 5.69 Å². The van der Waals surface area contributed by atoms with E-state index in [1.165, 1.54) is 5.56 Å². The van der Waals surface area contributed by atoms with Crippen LogP contribution in [-0.2, 0) is 13.0 Å². The molecule has 0 fully saturated rings. The molecule has 0 aliphatic carbocycles. The SMILES string of the molecule is CCCc1ccc(C(=O)Nc2cc(CO)ccc2C)cc1. The second-order valence-electron chi connectivity index (χ2n) is 5.21. The van der Waals surface area contributed by atoms with Crippen LogP contribution < -0.4 is 5.32 Å². The molecule has 21 heavy (non-hydrogen) atoms. The van der Waals surface area contributed by atoms with Gasteiger partial charge >= 0.3 is 0 Å². The first-order valence-electron chi connectivity index (χ1n) is 7.24. The zero-order chi connectivity index (χ0) is 15.2. The molecule has 0 bridgehead atoms. The summed E-state index contributed by atoms with van der Waals surface area (Å²) in [5.41, 5.74) is 4.39. The summed E-state index contributed by atoms with van der Waals surface area (Å²) in [4.78, 5) is 12.3. The van der Waals surface area contributed by atoms with E-state index < -0.39 is 0 Å². The Hall–Kier alpha value is -2.13. The molecule has 1 amide bonds. The molecular formula is C18H21NO2. The Kier molecular flexibility index (Phi) is 5.12. The lowest BCUT2D eigenvalue weighted by Gasteiger charge is -2.10. The van der Waals surface area contributed by atoms with Gasteiger partial charge in [-0.1, -0.05) is 37.6 Å². The summed E-state index contributed by atoms with van der Waals surface area (Å²) >= 11 is 0. The molecule has 0 spiro atoms. The van der Waals surface area contributed by atoms with Crippen LogP contribution in [0, 0.1) is 6.92 Å². The second kappa shape index (κ2) is 7.04. The zero-order valence-corrected chi connectivity index (χ0v) is 12.5. The van der Waals surface area contributed by atoms with Crippen molar-refractivity contribution in [2.45, 2.75) is 33.3 Å². The van der Waals surface area contributed by atoms with E-state index in [-0.39, 0.29) is 12.5 Å². The highest BCUT2D eigenvalue weighted by molar-refractivity contribution is 6.04. The van der Waals surface area contributed by atoms with Crippen molar-refractivity contribution in [3.8, 4) is 0 Å². The van der Waals surface area contributed by atoms with Crippen molar-refractivity contribution < 1.29 is 9.90 Å². The number of carbonyl (C=O) groups excluding carboxylic acids is 1. The van der Waals surface area contributed by atoms with Gasteiger partial charge in [0.2, 0.25) is 0 Å². The number of anilines is 1. The van der Waals surface area contributed by atoms with Crippen LogP contribution in [-0.4, -0.2) is 11.0 Å². The summed E-state index contributed by atoms with van der Waals surface area (Å²) in [6.07, 6.45) is 2.12. The summed E-state index contributed by atoms with van der Waals surface area (Å²) in [6, 6.07) is 13.2. The number of amides is 1. The van der Waals surface area contributed by atoms with Gasteiger partial charge in [-0.3, -0.25) is 4.79 Å². The third kappa shape index (κ3) is 3.92. The highest BCUT2D eigenvalue weighted by Crippen LogP contribution is 2.18. The van der Waals surface area contributed by atoms with Gasteiger partial charge in [0.25, 0.3) is 5.91 Å². The summed E-state index contributed by atoms with van der Waals surface area (Å²) in [7, 11) is 0. The third-order valence-corrected chi connectivity index (χ3v) is 3.49. The molecule has 0 aliphatic heterocycles. The average molecular weight is 283 g/mol. The molecular weight excluding hydrogens is 262 g/mol. The van der Waals surface area contributed by atoms with E-state index in [0.717, 1.165) is 29.7 Å². The fourth-order valence-electron chi connectivity index (χ4n) is 2.21. The molecule has 0 radical (unpaired) electrons. The lowest BCUT2D eigenvalue weighted by molar-refractivity contribution is 0.102. The first-order valence-corrected chi connectivity index (χ1v) is 7.24. The lowest BCUT2D eigenvalue weighted by atomic mass is 10.1. The van der Waals surface area contributed by atoms with Gasteiger partial charge < -0.3 is 10.4 Å². The number of hydrogen-bond donors (Lipinski definition) is 2. The Labute approximate surface area is 125 Å². The minimum atomic E-state index is -0.128. The predicted octanol–water partition coefficient (Wildman–Crippen LogP) is 3.69. The van der Waals surface area contributed by atoms with Crippen molar-refractivity contribution in [1.29, 1.82) is 0 Å². The fourth-order valence-corrected chi connectivity index (χ4v) is 2.21. The minimum Gasteiger partial charge on any atom is -0.392 e. The molecule has 2 rings (SSSR count). The Morgan fingerprint density at radius 3 is 2.38 bits per heavy atom. The van der Waals surface area contributed by atoms with E-state index in [0.29, 0.717) is 5.56 Å². The molecule has 2 N–H and O–H groups in total. The van der Waals surface area contributed by atoms with Crippen LogP contribution in [0.25, 0.3) is 0 Å². The van der Waals surface area contributed by atoms with Gasteiger partial charge in [-0.05, 0) is 48.2 Å². The van der Waals surface area contributed by atoms with Gasteiger partial charge in [-0.25, -0.2) is 0 Å². The molecule has 110 valence electrons. The smallest absolute Gasteiger partial charge is 0.255 e. The molecule has 0 heterocycles. The monoisotopic (exact) mass is 283 g/mol. The Bertz CT molecular complexity index is 618. The van der Waals surface area contributed by atoms with Crippen molar-refractivity contribution in [1.82, 2.24) is 0 Å². The van der Waals surface area contributed by atoms with E-state index >= 15 is 0 Å². The Morgan fingerprint density at radius 2 is 1.76 bits per heavy atom. The maximum absolute atomic E-state index is 12.3. The van der Waals surface area contributed by atoms with Crippen molar-refractivity contribution in [3.05, 3.63) is 64.7 Å². The summed E-state index contributed by atoms with van der Waals surface area (Å²) < 4.78 is 0. The topological polar surface area (TPSA) is 49.3 Å². The van der Waals surface area contributed by atoms with Gasteiger partial charge in [-0.15, -0.1) is 0 Å². The molecule has 0 saturated carbocycles. The second-order valence-corrected chi connectivity index (χ2v) is 5.21. The fraction of sp³-hybridized carbons (Fsp3) is 0.278. The van der Waals surface area contributed by atoms with E-state index in [9.17, 15) is 9.90 Å². The first-order chi connectivity index (χ1) is 10.1. The van der Waals surface area contributed by atoms with Gasteiger partial charge in [0.1, 0.15) is 0 Å². The lowest BCUT2D eigenvalue weighted by Crippen LogP contribution is -2.13. The number of rotatable bonds is 5. The zero-order valence-electron chi connectivity index (χ0n) is 12.5. The maximum atomic E-state index is 12.3. The molecule has 0 aliphatic rings. The highest BCUT2D eigenvalue weighted by atomic mass is 16.3. The van der Waals surface area contributed by atoms with Crippen molar-refractivity contribution in [3.63, 3.8) is 0 Å². The quantitative estimate of drug-likeness (QED) is 0.879. The number of benzene rings is 2. The molecule has 3 nitrogen and oxygen atoms in total. The van der Waals surface area contributed by atoms with Crippen LogP contribution in [0.5, 0.6) is 0 Å². The van der Waals surface area contributed by atoms with Crippen LogP contribution >= 0.6 is 0 Å². The van der Waals surface area contributed by atoms with Gasteiger partial charge in [-0.2, -0.15) is 0 Å². The normalized spacial score (nSPS) is 10.4. The van der Waals surface area contributed by atoms with E-state index in [2.05, 4.69) is 12.2 Å². The maximum Gasteiger partial charge on any atom is 0.255 e. The highest BCUT2D eigenvalue weighted by Gasteiger charge is 2.08. The number of carbonyl (C=O) groups is 1. The van der Waals surface area contributed by atoms with Crippen molar-refractivity contribution >= 4 is 11.6 Å². The predicted molar refractivity (Wildman–Crippen MR) is 85.5 cm³/mol. The minimum absolute atomic E-state index is 0.0329. The molecule has 0 saturated heterocycles. The van der Waals surface area contributed by atoms with Crippen molar-refractivity contribution in [2.24, 2.45) is 0 Å². The molecule has 0 aromatic heterocycles. The molecule has 0 atom stereocenters. The van der Waals surface area contributed by atoms with Gasteiger partial charge in [0.15, 0.2) is 0 Å².